The Bertz CT molecular complexity index is 2020. The number of benzene rings is 2. The molecule has 2 aliphatic rings. The summed E-state index contributed by atoms with van der Waals surface area (Å²) in [4.78, 5) is 50.6. The Labute approximate surface area is 320 Å². The summed E-state index contributed by atoms with van der Waals surface area (Å²) in [6.45, 7) is 5.81. The number of nitrogens with zero attached hydrogens (tertiary/aromatic N) is 7. The second kappa shape index (κ2) is 17.2. The molecule has 0 saturated carbocycles. The van der Waals surface area contributed by atoms with Crippen molar-refractivity contribution in [3.63, 3.8) is 0 Å². The van der Waals surface area contributed by atoms with E-state index in [-0.39, 0.29) is 13.2 Å². The van der Waals surface area contributed by atoms with Gasteiger partial charge in [0, 0.05) is 61.8 Å². The molecule has 2 amide bonds. The number of hydrogen-bond acceptors (Lipinski definition) is 12. The lowest BCUT2D eigenvalue weighted by Gasteiger charge is -2.28. The summed E-state index contributed by atoms with van der Waals surface area (Å²) in [5.74, 6) is 2.99. The van der Waals surface area contributed by atoms with Crippen LogP contribution in [0.1, 0.15) is 23.6 Å². The monoisotopic (exact) mass is 744 g/mol. The third kappa shape index (κ3) is 8.76. The summed E-state index contributed by atoms with van der Waals surface area (Å²) < 4.78 is 21.3. The Kier molecular flexibility index (Phi) is 11.6. The lowest BCUT2D eigenvalue weighted by Crippen LogP contribution is -2.42. The molecule has 0 aliphatic carbocycles. The maximum absolute atomic E-state index is 13.2. The maximum Gasteiger partial charge on any atom is 0.325 e. The number of nitrogens with one attached hydrogen (secondary N) is 1. The molecule has 14 heteroatoms. The summed E-state index contributed by atoms with van der Waals surface area (Å²) in [7, 11) is 3.33. The fourth-order valence-corrected chi connectivity index (χ4v) is 6.59. The van der Waals surface area contributed by atoms with Crippen LogP contribution in [0.5, 0.6) is 11.5 Å². The Morgan fingerprint density at radius 3 is 2.04 bits per heavy atom. The van der Waals surface area contributed by atoms with Crippen LogP contribution >= 0.6 is 0 Å². The lowest BCUT2D eigenvalue weighted by atomic mass is 10.1. The lowest BCUT2D eigenvalue weighted by molar-refractivity contribution is -0.141. The second-order valence-electron chi connectivity index (χ2n) is 13.0. The van der Waals surface area contributed by atoms with E-state index in [2.05, 4.69) is 39.4 Å². The van der Waals surface area contributed by atoms with Gasteiger partial charge in [0.05, 0.1) is 45.4 Å². The van der Waals surface area contributed by atoms with Crippen LogP contribution in [0.3, 0.4) is 0 Å². The summed E-state index contributed by atoms with van der Waals surface area (Å²) in [6.07, 6.45) is 4.20. The normalized spacial score (nSPS) is 13.6. The number of hydrogen-bond donors (Lipinski definition) is 1. The number of anilines is 3. The predicted molar refractivity (Wildman–Crippen MR) is 208 cm³/mol. The average Bonchev–Trinajstić information content (AvgIpc) is 3.68. The van der Waals surface area contributed by atoms with Gasteiger partial charge in [0.1, 0.15) is 29.7 Å². The van der Waals surface area contributed by atoms with E-state index < -0.39 is 12.0 Å². The number of aromatic nitrogens is 4. The molecule has 1 N–H and O–H groups in total. The van der Waals surface area contributed by atoms with E-state index >= 15 is 0 Å². The van der Waals surface area contributed by atoms with Crippen molar-refractivity contribution >= 4 is 29.6 Å². The van der Waals surface area contributed by atoms with Gasteiger partial charge in [-0.05, 0) is 73.0 Å². The van der Waals surface area contributed by atoms with Crippen LogP contribution in [-0.2, 0) is 33.8 Å². The van der Waals surface area contributed by atoms with Gasteiger partial charge in [-0.2, -0.15) is 4.98 Å². The molecule has 5 heterocycles. The van der Waals surface area contributed by atoms with Crippen LogP contribution in [0, 0.1) is 0 Å². The predicted octanol–water partition coefficient (Wildman–Crippen LogP) is 5.30. The topological polar surface area (TPSA) is 144 Å². The number of pyridine rings is 2. The first-order valence-corrected chi connectivity index (χ1v) is 18.3. The van der Waals surface area contributed by atoms with Crippen LogP contribution < -0.4 is 29.5 Å². The number of carbonyl (C=O) groups excluding carboxylic acids is 2. The fourth-order valence-electron chi connectivity index (χ4n) is 6.59. The van der Waals surface area contributed by atoms with E-state index in [0.717, 1.165) is 50.8 Å². The van der Waals surface area contributed by atoms with Gasteiger partial charge in [-0.3, -0.25) is 14.7 Å². The third-order valence-electron chi connectivity index (χ3n) is 9.51. The van der Waals surface area contributed by atoms with Crippen LogP contribution in [0.4, 0.5) is 22.4 Å². The van der Waals surface area contributed by atoms with Crippen molar-refractivity contribution in [1.82, 2.24) is 25.3 Å². The molecule has 0 atom stereocenters. The van der Waals surface area contributed by atoms with Gasteiger partial charge < -0.3 is 34.1 Å². The standard InChI is InChI=1S/C41H44N8O6/c1-4-55-37(50)25-44-41(51)49-18-17-34-38(45-40(46-39(34)49)47-19-21-54-22-20-47)31-9-15-35(42-24-31)30-10-16-36(43-23-30)48(26-28-5-11-32(52-2)12-6-28)27-29-7-13-33(53-3)14-8-29/h5-16,23-24H,4,17-22,25-27H2,1-3H3,(H,44,51). The van der Waals surface area contributed by atoms with Crippen molar-refractivity contribution in [1.29, 1.82) is 0 Å². The SMILES string of the molecule is CCOC(=O)CNC(=O)N1CCc2c(-c3ccc(-c4ccc(N(Cc5ccc(OC)cc5)Cc5ccc(OC)cc5)nc4)nc3)nc(N3CCOCC3)nc21. The van der Waals surface area contributed by atoms with Crippen LogP contribution in [0.15, 0.2) is 85.2 Å². The highest BCUT2D eigenvalue weighted by molar-refractivity contribution is 5.96. The molecule has 3 aromatic heterocycles. The Balaban J connectivity index is 1.13. The molecular formula is C41H44N8O6. The molecule has 284 valence electrons. The van der Waals surface area contributed by atoms with Gasteiger partial charge in [-0.1, -0.05) is 24.3 Å². The maximum atomic E-state index is 13.2. The molecule has 14 nitrogen and oxygen atoms in total. The second-order valence-corrected chi connectivity index (χ2v) is 13.0. The molecule has 1 saturated heterocycles. The summed E-state index contributed by atoms with van der Waals surface area (Å²) >= 11 is 0. The van der Waals surface area contributed by atoms with E-state index in [4.69, 9.17) is 38.9 Å². The zero-order valence-corrected chi connectivity index (χ0v) is 31.2. The molecule has 1 fully saturated rings. The summed E-state index contributed by atoms with van der Waals surface area (Å²) in [5.41, 5.74) is 6.26. The zero-order chi connectivity index (χ0) is 38.1. The van der Waals surface area contributed by atoms with E-state index in [9.17, 15) is 9.59 Å². The van der Waals surface area contributed by atoms with E-state index in [1.165, 1.54) is 0 Å². The van der Waals surface area contributed by atoms with Crippen molar-refractivity contribution in [3.8, 4) is 34.0 Å². The number of urea groups is 1. The number of ether oxygens (including phenoxy) is 4. The first-order valence-electron chi connectivity index (χ1n) is 18.3. The average molecular weight is 745 g/mol. The van der Waals surface area contributed by atoms with Gasteiger partial charge in [0.2, 0.25) is 5.95 Å². The van der Waals surface area contributed by atoms with Crippen molar-refractivity contribution in [3.05, 3.63) is 102 Å². The molecule has 0 unspecified atom stereocenters. The summed E-state index contributed by atoms with van der Waals surface area (Å²) in [6, 6.07) is 23.7. The largest absolute Gasteiger partial charge is 0.497 e. The number of esters is 1. The minimum Gasteiger partial charge on any atom is -0.497 e. The van der Waals surface area contributed by atoms with Gasteiger partial charge >= 0.3 is 12.0 Å². The zero-order valence-electron chi connectivity index (χ0n) is 31.2. The molecule has 0 bridgehead atoms. The Morgan fingerprint density at radius 1 is 0.800 bits per heavy atom. The van der Waals surface area contributed by atoms with Crippen molar-refractivity contribution in [2.75, 3.05) is 74.9 Å². The van der Waals surface area contributed by atoms with Gasteiger partial charge in [0.15, 0.2) is 0 Å². The molecule has 55 heavy (non-hydrogen) atoms. The van der Waals surface area contributed by atoms with E-state index in [1.807, 2.05) is 54.7 Å². The third-order valence-corrected chi connectivity index (χ3v) is 9.51. The molecule has 7 rings (SSSR count). The van der Waals surface area contributed by atoms with Crippen molar-refractivity contribution < 1.29 is 28.5 Å². The minimum atomic E-state index is -0.497. The molecular weight excluding hydrogens is 701 g/mol. The van der Waals surface area contributed by atoms with Crippen LogP contribution in [0.2, 0.25) is 0 Å². The number of carbonyl (C=O) groups is 2. The fraction of sp³-hybridized carbons (Fsp3) is 0.317. The highest BCUT2D eigenvalue weighted by Gasteiger charge is 2.32. The van der Waals surface area contributed by atoms with Gasteiger partial charge in [0.25, 0.3) is 0 Å². The Morgan fingerprint density at radius 2 is 1.45 bits per heavy atom. The minimum absolute atomic E-state index is 0.225. The van der Waals surface area contributed by atoms with Gasteiger partial charge in [-0.15, -0.1) is 0 Å². The molecule has 5 aromatic rings. The highest BCUT2D eigenvalue weighted by atomic mass is 16.5. The quantitative estimate of drug-likeness (QED) is 0.156. The molecule has 2 aliphatic heterocycles. The molecule has 0 radical (unpaired) electrons. The first-order chi connectivity index (χ1) is 26.9. The molecule has 0 spiro atoms. The number of amides is 2. The Hall–Kier alpha value is -6.28. The van der Waals surface area contributed by atoms with Gasteiger partial charge in [-0.25, -0.2) is 14.8 Å². The molecule has 2 aromatic carbocycles. The van der Waals surface area contributed by atoms with E-state index in [1.54, 1.807) is 32.2 Å². The number of methoxy groups -OCH3 is 2. The van der Waals surface area contributed by atoms with Crippen LogP contribution in [0.25, 0.3) is 22.5 Å². The summed E-state index contributed by atoms with van der Waals surface area (Å²) in [5, 5.41) is 2.67. The van der Waals surface area contributed by atoms with Crippen molar-refractivity contribution in [2.24, 2.45) is 0 Å². The van der Waals surface area contributed by atoms with E-state index in [0.29, 0.717) is 69.8 Å². The number of rotatable bonds is 13. The van der Waals surface area contributed by atoms with Crippen molar-refractivity contribution in [2.45, 2.75) is 26.4 Å². The first kappa shape index (κ1) is 37.1. The van der Waals surface area contributed by atoms with Crippen LogP contribution in [-0.4, -0.2) is 92.2 Å². The highest BCUT2D eigenvalue weighted by Crippen LogP contribution is 2.36. The number of morpholine rings is 1. The smallest absolute Gasteiger partial charge is 0.325 e. The number of fused-ring (bicyclic) bond motifs is 1.